The predicted molar refractivity (Wildman–Crippen MR) is 70.4 cm³/mol. The Hall–Kier alpha value is -2.01. The lowest BCUT2D eigenvalue weighted by Crippen LogP contribution is -2.12. The smallest absolute Gasteiger partial charge is 0.366 e. The Bertz CT molecular complexity index is 650. The molecule has 2 aromatic rings. The van der Waals surface area contributed by atoms with E-state index in [2.05, 4.69) is 0 Å². The van der Waals surface area contributed by atoms with Crippen molar-refractivity contribution >= 4 is 17.5 Å². The predicted octanol–water partition coefficient (Wildman–Crippen LogP) is 4.12. The van der Waals surface area contributed by atoms with Gasteiger partial charge in [-0.2, -0.15) is 13.2 Å². The lowest BCUT2D eigenvalue weighted by atomic mass is 9.98. The summed E-state index contributed by atoms with van der Waals surface area (Å²) >= 11 is 5.84. The van der Waals surface area contributed by atoms with Crippen molar-refractivity contribution in [3.63, 3.8) is 0 Å². The third-order valence-corrected chi connectivity index (χ3v) is 3.01. The summed E-state index contributed by atoms with van der Waals surface area (Å²) in [6.07, 6.45) is -4.40. The zero-order chi connectivity index (χ0) is 14.9. The van der Waals surface area contributed by atoms with Crippen molar-refractivity contribution in [3.05, 3.63) is 58.6 Å². The number of hydrogen-bond acceptors (Lipinski definition) is 1. The lowest BCUT2D eigenvalue weighted by Gasteiger charge is -2.10. The Morgan fingerprint density at radius 2 is 1.65 bits per heavy atom. The van der Waals surface area contributed by atoms with Gasteiger partial charge in [0.1, 0.15) is 0 Å². The number of alkyl halides is 3. The van der Waals surface area contributed by atoms with Gasteiger partial charge in [0.05, 0.1) is 5.56 Å². The molecule has 0 aliphatic rings. The van der Waals surface area contributed by atoms with E-state index in [0.29, 0.717) is 16.1 Å². The molecule has 20 heavy (non-hydrogen) atoms. The van der Waals surface area contributed by atoms with Crippen LogP contribution in [-0.4, -0.2) is 5.91 Å². The maximum absolute atomic E-state index is 12.5. The molecule has 104 valence electrons. The molecule has 0 unspecified atom stereocenters. The summed E-state index contributed by atoms with van der Waals surface area (Å²) in [6.45, 7) is 0. The van der Waals surface area contributed by atoms with Crippen LogP contribution in [0.15, 0.2) is 42.5 Å². The third-order valence-electron chi connectivity index (χ3n) is 2.77. The average molecular weight is 300 g/mol. The average Bonchev–Trinajstić information content (AvgIpc) is 2.37. The number of benzene rings is 2. The van der Waals surface area contributed by atoms with Gasteiger partial charge in [0.15, 0.2) is 0 Å². The fourth-order valence-electron chi connectivity index (χ4n) is 1.81. The zero-order valence-corrected chi connectivity index (χ0v) is 10.8. The molecule has 0 bridgehead atoms. The number of carbonyl (C=O) groups excluding carboxylic acids is 1. The van der Waals surface area contributed by atoms with E-state index in [4.69, 9.17) is 17.3 Å². The summed E-state index contributed by atoms with van der Waals surface area (Å²) in [5.74, 6) is -0.670. The van der Waals surface area contributed by atoms with Crippen molar-refractivity contribution in [1.29, 1.82) is 0 Å². The van der Waals surface area contributed by atoms with Gasteiger partial charge in [0.2, 0.25) is 5.91 Å². The third kappa shape index (κ3) is 2.93. The van der Waals surface area contributed by atoms with Crippen molar-refractivity contribution < 1.29 is 18.0 Å². The van der Waals surface area contributed by atoms with Crippen LogP contribution in [0.5, 0.6) is 0 Å². The molecule has 0 saturated heterocycles. The monoisotopic (exact) mass is 299 g/mol. The quantitative estimate of drug-likeness (QED) is 0.890. The second-order valence-electron chi connectivity index (χ2n) is 4.13. The molecule has 2 rings (SSSR count). The maximum atomic E-state index is 12.5. The molecule has 6 heteroatoms. The minimum absolute atomic E-state index is 0.203. The molecular formula is C14H9ClF3NO. The Kier molecular flexibility index (Phi) is 3.72. The first-order valence-electron chi connectivity index (χ1n) is 5.56. The highest BCUT2D eigenvalue weighted by Gasteiger charge is 2.30. The molecule has 1 amide bonds. The maximum Gasteiger partial charge on any atom is 0.416 e. The summed E-state index contributed by atoms with van der Waals surface area (Å²) < 4.78 is 37.5. The van der Waals surface area contributed by atoms with Crippen molar-refractivity contribution in [2.75, 3.05) is 0 Å². The van der Waals surface area contributed by atoms with E-state index in [1.165, 1.54) is 30.3 Å². The number of primary amides is 1. The normalized spacial score (nSPS) is 11.4. The van der Waals surface area contributed by atoms with Gasteiger partial charge in [-0.1, -0.05) is 23.7 Å². The molecular weight excluding hydrogens is 291 g/mol. The fraction of sp³-hybridized carbons (Fsp3) is 0.0714. The number of carbonyl (C=O) groups is 1. The Morgan fingerprint density at radius 1 is 1.05 bits per heavy atom. The molecule has 2 N–H and O–H groups in total. The molecule has 2 aromatic carbocycles. The van der Waals surface area contributed by atoms with Gasteiger partial charge in [-0.25, -0.2) is 0 Å². The van der Waals surface area contributed by atoms with Gasteiger partial charge in [-0.05, 0) is 41.5 Å². The van der Waals surface area contributed by atoms with E-state index >= 15 is 0 Å². The summed E-state index contributed by atoms with van der Waals surface area (Å²) in [5.41, 5.74) is 5.52. The van der Waals surface area contributed by atoms with Gasteiger partial charge >= 0.3 is 6.18 Å². The minimum atomic E-state index is -4.40. The summed E-state index contributed by atoms with van der Waals surface area (Å²) in [7, 11) is 0. The molecule has 0 spiro atoms. The lowest BCUT2D eigenvalue weighted by molar-refractivity contribution is -0.137. The highest BCUT2D eigenvalue weighted by molar-refractivity contribution is 6.31. The number of rotatable bonds is 2. The van der Waals surface area contributed by atoms with Crippen LogP contribution in [0.4, 0.5) is 13.2 Å². The molecule has 2 nitrogen and oxygen atoms in total. The van der Waals surface area contributed by atoms with Crippen molar-refractivity contribution in [2.24, 2.45) is 5.73 Å². The van der Waals surface area contributed by atoms with Crippen LogP contribution < -0.4 is 5.73 Å². The van der Waals surface area contributed by atoms with Gasteiger partial charge in [0, 0.05) is 10.6 Å². The van der Waals surface area contributed by atoms with Gasteiger partial charge in [-0.3, -0.25) is 4.79 Å². The number of amides is 1. The van der Waals surface area contributed by atoms with Gasteiger partial charge in [-0.15, -0.1) is 0 Å². The van der Waals surface area contributed by atoms with Crippen molar-refractivity contribution in [1.82, 2.24) is 0 Å². The standard InChI is InChI=1S/C14H9ClF3NO/c15-10-5-6-11(13(19)20)12(7-10)8-1-3-9(4-2-8)14(16,17)18/h1-7H,(H2,19,20). The molecule has 0 heterocycles. The Morgan fingerprint density at radius 3 is 2.15 bits per heavy atom. The molecule has 0 atom stereocenters. The van der Waals surface area contributed by atoms with Crippen LogP contribution in [0.1, 0.15) is 15.9 Å². The van der Waals surface area contributed by atoms with E-state index < -0.39 is 17.6 Å². The SMILES string of the molecule is NC(=O)c1ccc(Cl)cc1-c1ccc(C(F)(F)F)cc1. The number of halogens is 4. The van der Waals surface area contributed by atoms with Crippen LogP contribution in [0.2, 0.25) is 5.02 Å². The molecule has 0 aromatic heterocycles. The molecule has 0 aliphatic carbocycles. The molecule has 0 radical (unpaired) electrons. The summed E-state index contributed by atoms with van der Waals surface area (Å²) in [4.78, 5) is 11.3. The number of nitrogens with two attached hydrogens (primary N) is 1. The van der Waals surface area contributed by atoms with E-state index in [1.807, 2.05) is 0 Å². The minimum Gasteiger partial charge on any atom is -0.366 e. The first-order valence-corrected chi connectivity index (χ1v) is 5.94. The van der Waals surface area contributed by atoms with E-state index in [9.17, 15) is 18.0 Å². The first-order chi connectivity index (χ1) is 9.29. The second kappa shape index (κ2) is 5.17. The van der Waals surface area contributed by atoms with E-state index in [1.54, 1.807) is 0 Å². The highest BCUT2D eigenvalue weighted by atomic mass is 35.5. The first kappa shape index (κ1) is 14.4. The Balaban J connectivity index is 2.52. The summed E-state index contributed by atoms with van der Waals surface area (Å²) in [6, 6.07) is 8.88. The van der Waals surface area contributed by atoms with Crippen LogP contribution in [0, 0.1) is 0 Å². The highest BCUT2D eigenvalue weighted by Crippen LogP contribution is 2.32. The largest absolute Gasteiger partial charge is 0.416 e. The van der Waals surface area contributed by atoms with Crippen LogP contribution in [0.25, 0.3) is 11.1 Å². The second-order valence-corrected chi connectivity index (χ2v) is 4.57. The van der Waals surface area contributed by atoms with Crippen molar-refractivity contribution in [2.45, 2.75) is 6.18 Å². The van der Waals surface area contributed by atoms with Gasteiger partial charge in [0.25, 0.3) is 0 Å². The van der Waals surface area contributed by atoms with Crippen LogP contribution in [-0.2, 0) is 6.18 Å². The Labute approximate surface area is 118 Å². The summed E-state index contributed by atoms with van der Waals surface area (Å²) in [5, 5.41) is 0.366. The molecule has 0 saturated carbocycles. The fourth-order valence-corrected chi connectivity index (χ4v) is 1.98. The van der Waals surface area contributed by atoms with Crippen LogP contribution in [0.3, 0.4) is 0 Å². The molecule has 0 aliphatic heterocycles. The number of hydrogen-bond donors (Lipinski definition) is 1. The molecule has 0 fully saturated rings. The topological polar surface area (TPSA) is 43.1 Å². The van der Waals surface area contributed by atoms with E-state index in [0.717, 1.165) is 12.1 Å². The zero-order valence-electron chi connectivity index (χ0n) is 10.0. The van der Waals surface area contributed by atoms with Gasteiger partial charge < -0.3 is 5.73 Å². The van der Waals surface area contributed by atoms with E-state index in [-0.39, 0.29) is 5.56 Å². The van der Waals surface area contributed by atoms with Crippen LogP contribution >= 0.6 is 11.6 Å². The van der Waals surface area contributed by atoms with Crippen molar-refractivity contribution in [3.8, 4) is 11.1 Å².